The van der Waals surface area contributed by atoms with Gasteiger partial charge < -0.3 is 11.5 Å². The molecule has 0 aliphatic heterocycles. The highest BCUT2D eigenvalue weighted by molar-refractivity contribution is 6.04. The molecule has 0 saturated heterocycles. The van der Waals surface area contributed by atoms with Crippen molar-refractivity contribution in [2.75, 3.05) is 0 Å². The van der Waals surface area contributed by atoms with Crippen LogP contribution in [0, 0.1) is 19.7 Å². The summed E-state index contributed by atoms with van der Waals surface area (Å²) in [7, 11) is 0. The van der Waals surface area contributed by atoms with Gasteiger partial charge in [-0.2, -0.15) is 5.10 Å². The smallest absolute Gasteiger partial charge is 0.211 e. The molecule has 0 spiro atoms. The molecule has 0 saturated carbocycles. The Morgan fingerprint density at radius 3 is 2.67 bits per heavy atom. The van der Waals surface area contributed by atoms with Gasteiger partial charge in [0.15, 0.2) is 0 Å². The maximum atomic E-state index is 14.2. The number of benzene rings is 1. The van der Waals surface area contributed by atoms with Crippen LogP contribution in [-0.2, 0) is 6.42 Å². The third kappa shape index (κ3) is 3.13. The quantitative estimate of drug-likeness (QED) is 0.505. The first-order valence-electron chi connectivity index (χ1n) is 7.83. The fourth-order valence-corrected chi connectivity index (χ4v) is 3.33. The molecular formula is C18H20FN5. The Kier molecular flexibility index (Phi) is 4.29. The van der Waals surface area contributed by atoms with Gasteiger partial charge in [0.05, 0.1) is 11.4 Å². The molecule has 1 aromatic heterocycles. The first kappa shape index (κ1) is 16.1. The van der Waals surface area contributed by atoms with Crippen molar-refractivity contribution in [2.24, 2.45) is 21.7 Å². The van der Waals surface area contributed by atoms with Crippen LogP contribution in [0.4, 0.5) is 4.39 Å². The molecule has 0 radical (unpaired) electrons. The second kappa shape index (κ2) is 6.39. The number of rotatable bonds is 2. The number of aromatic nitrogens is 1. The lowest BCUT2D eigenvalue weighted by molar-refractivity contribution is 0.571. The summed E-state index contributed by atoms with van der Waals surface area (Å²) < 4.78 is 14.2. The fourth-order valence-electron chi connectivity index (χ4n) is 3.33. The molecule has 4 N–H and O–H groups in total. The zero-order valence-corrected chi connectivity index (χ0v) is 13.8. The molecular weight excluding hydrogens is 305 g/mol. The van der Waals surface area contributed by atoms with Crippen LogP contribution < -0.4 is 11.5 Å². The Morgan fingerprint density at radius 2 is 1.96 bits per heavy atom. The van der Waals surface area contributed by atoms with Crippen LogP contribution in [0.15, 0.2) is 40.5 Å². The van der Waals surface area contributed by atoms with E-state index in [9.17, 15) is 4.39 Å². The molecule has 1 unspecified atom stereocenters. The lowest BCUT2D eigenvalue weighted by Gasteiger charge is -2.27. The minimum atomic E-state index is -0.212. The molecule has 1 heterocycles. The second-order valence-corrected chi connectivity index (χ2v) is 6.10. The van der Waals surface area contributed by atoms with E-state index in [-0.39, 0.29) is 17.7 Å². The van der Waals surface area contributed by atoms with E-state index in [2.05, 4.69) is 15.2 Å². The van der Waals surface area contributed by atoms with Gasteiger partial charge in [-0.15, -0.1) is 5.10 Å². The van der Waals surface area contributed by atoms with Gasteiger partial charge in [-0.05, 0) is 55.9 Å². The lowest BCUT2D eigenvalue weighted by atomic mass is 9.79. The summed E-state index contributed by atoms with van der Waals surface area (Å²) >= 11 is 0. The van der Waals surface area contributed by atoms with Crippen molar-refractivity contribution in [3.63, 3.8) is 0 Å². The summed E-state index contributed by atoms with van der Waals surface area (Å²) in [5.41, 5.74) is 16.1. The molecule has 1 aliphatic carbocycles. The molecule has 24 heavy (non-hydrogen) atoms. The fraction of sp³-hybridized carbons (Fsp3) is 0.278. The van der Waals surface area contributed by atoms with Crippen LogP contribution in [0.5, 0.6) is 0 Å². The zero-order valence-electron chi connectivity index (χ0n) is 13.8. The average molecular weight is 325 g/mol. The number of nitrogens with two attached hydrogens (primary N) is 2. The number of hydrogen-bond acceptors (Lipinski definition) is 3. The van der Waals surface area contributed by atoms with Crippen molar-refractivity contribution in [2.45, 2.75) is 32.6 Å². The Bertz CT molecular complexity index is 837. The lowest BCUT2D eigenvalue weighted by Crippen LogP contribution is -2.25. The van der Waals surface area contributed by atoms with Gasteiger partial charge in [0.1, 0.15) is 5.82 Å². The van der Waals surface area contributed by atoms with Crippen molar-refractivity contribution in [3.05, 3.63) is 64.2 Å². The van der Waals surface area contributed by atoms with E-state index < -0.39 is 0 Å². The number of halogens is 1. The maximum absolute atomic E-state index is 14.2. The maximum Gasteiger partial charge on any atom is 0.211 e. The van der Waals surface area contributed by atoms with E-state index >= 15 is 0 Å². The Morgan fingerprint density at radius 1 is 1.21 bits per heavy atom. The molecule has 2 aromatic rings. The molecule has 6 heteroatoms. The Hall–Kier alpha value is -2.76. The molecule has 1 aromatic carbocycles. The number of fused-ring (bicyclic) bond motifs is 1. The topological polar surface area (TPSA) is 89.6 Å². The molecule has 1 aliphatic rings. The monoisotopic (exact) mass is 325 g/mol. The van der Waals surface area contributed by atoms with Gasteiger partial charge in [0.2, 0.25) is 5.96 Å². The van der Waals surface area contributed by atoms with Crippen molar-refractivity contribution >= 4 is 11.7 Å². The predicted molar refractivity (Wildman–Crippen MR) is 93.5 cm³/mol. The van der Waals surface area contributed by atoms with Crippen LogP contribution in [0.25, 0.3) is 0 Å². The third-order valence-electron chi connectivity index (χ3n) is 4.22. The Labute approximate surface area is 140 Å². The minimum absolute atomic E-state index is 0.0413. The van der Waals surface area contributed by atoms with Gasteiger partial charge in [0.25, 0.3) is 0 Å². The summed E-state index contributed by atoms with van der Waals surface area (Å²) in [4.78, 5) is 4.64. The van der Waals surface area contributed by atoms with E-state index in [1.807, 2.05) is 32.0 Å². The SMILES string of the molecule is Cc1cc(C)c2c(n1)CC(c1ccccc1F)C/C2=N/N=C(N)N. The Balaban J connectivity index is 2.12. The molecule has 0 bridgehead atoms. The summed E-state index contributed by atoms with van der Waals surface area (Å²) in [6.45, 7) is 3.97. The molecule has 0 amide bonds. The van der Waals surface area contributed by atoms with E-state index in [1.165, 1.54) is 6.07 Å². The number of guanidine groups is 1. The third-order valence-corrected chi connectivity index (χ3v) is 4.22. The largest absolute Gasteiger partial charge is 0.369 e. The highest BCUT2D eigenvalue weighted by Gasteiger charge is 2.29. The van der Waals surface area contributed by atoms with Crippen molar-refractivity contribution in [1.29, 1.82) is 0 Å². The van der Waals surface area contributed by atoms with Crippen LogP contribution in [-0.4, -0.2) is 16.7 Å². The number of nitrogens with zero attached hydrogens (tertiary/aromatic N) is 3. The summed E-state index contributed by atoms with van der Waals surface area (Å²) in [6, 6.07) is 8.83. The van der Waals surface area contributed by atoms with Gasteiger partial charge in [-0.3, -0.25) is 4.98 Å². The first-order valence-corrected chi connectivity index (χ1v) is 7.83. The van der Waals surface area contributed by atoms with Crippen molar-refractivity contribution in [3.8, 4) is 0 Å². The van der Waals surface area contributed by atoms with E-state index in [4.69, 9.17) is 11.5 Å². The summed E-state index contributed by atoms with van der Waals surface area (Å²) in [5.74, 6) is -0.355. The van der Waals surface area contributed by atoms with Crippen molar-refractivity contribution < 1.29 is 4.39 Å². The highest BCUT2D eigenvalue weighted by Crippen LogP contribution is 2.35. The molecule has 5 nitrogen and oxygen atoms in total. The first-order chi connectivity index (χ1) is 11.5. The zero-order chi connectivity index (χ0) is 17.3. The van der Waals surface area contributed by atoms with Crippen LogP contribution in [0.3, 0.4) is 0 Å². The average Bonchev–Trinajstić information content (AvgIpc) is 2.52. The molecule has 0 fully saturated rings. The summed E-state index contributed by atoms with van der Waals surface area (Å²) in [6.07, 6.45) is 1.23. The normalized spacial score (nSPS) is 18.3. The second-order valence-electron chi connectivity index (χ2n) is 6.10. The number of hydrogen-bond donors (Lipinski definition) is 2. The summed E-state index contributed by atoms with van der Waals surface area (Å²) in [5, 5.41) is 8.01. The molecule has 3 rings (SSSR count). The van der Waals surface area contributed by atoms with Crippen LogP contribution in [0.1, 0.15) is 40.4 Å². The van der Waals surface area contributed by atoms with Gasteiger partial charge >= 0.3 is 0 Å². The van der Waals surface area contributed by atoms with Gasteiger partial charge in [-0.25, -0.2) is 4.39 Å². The van der Waals surface area contributed by atoms with Gasteiger partial charge in [-0.1, -0.05) is 18.2 Å². The highest BCUT2D eigenvalue weighted by atomic mass is 19.1. The standard InChI is InChI=1S/C18H20FN5/c1-10-7-11(2)22-15-8-12(13-5-3-4-6-14(13)19)9-16(17(10)15)23-24-18(20)21/h3-7,12H,8-9H2,1-2H3,(H4,20,21,24)/b23-16-. The van der Waals surface area contributed by atoms with Crippen molar-refractivity contribution in [1.82, 2.24) is 4.98 Å². The predicted octanol–water partition coefficient (Wildman–Crippen LogP) is 2.55. The van der Waals surface area contributed by atoms with Gasteiger partial charge in [0, 0.05) is 11.3 Å². The molecule has 1 atom stereocenters. The minimum Gasteiger partial charge on any atom is -0.369 e. The van der Waals surface area contributed by atoms with E-state index in [0.717, 1.165) is 28.2 Å². The van der Waals surface area contributed by atoms with Crippen LogP contribution >= 0.6 is 0 Å². The number of aryl methyl sites for hydroxylation is 2. The van der Waals surface area contributed by atoms with E-state index in [1.54, 1.807) is 6.07 Å². The number of pyridine rings is 1. The van der Waals surface area contributed by atoms with E-state index in [0.29, 0.717) is 18.4 Å². The van der Waals surface area contributed by atoms with Crippen LogP contribution in [0.2, 0.25) is 0 Å². The molecule has 124 valence electrons.